The normalized spacial score (nSPS) is 12.9. The molecule has 0 aliphatic rings. The molecule has 136 valence electrons. The van der Waals surface area contributed by atoms with Gasteiger partial charge in [-0.1, -0.05) is 70.5 Å². The van der Waals surface area contributed by atoms with Gasteiger partial charge in [0.1, 0.15) is 0 Å². The Labute approximate surface area is 166 Å². The molecule has 27 heavy (non-hydrogen) atoms. The molecule has 4 nitrogen and oxygen atoms in total. The van der Waals surface area contributed by atoms with Crippen LogP contribution in [-0.4, -0.2) is 13.4 Å². The van der Waals surface area contributed by atoms with E-state index in [0.717, 1.165) is 26.5 Å². The van der Waals surface area contributed by atoms with Crippen LogP contribution in [0.2, 0.25) is 0 Å². The molecule has 3 aromatic carbocycles. The lowest BCUT2D eigenvalue weighted by Gasteiger charge is -2.19. The molecule has 0 saturated carbocycles. The highest BCUT2D eigenvalue weighted by Crippen LogP contribution is 2.31. The monoisotopic (exact) mass is 440 g/mol. The number of H-pyrrole nitrogens is 1. The van der Waals surface area contributed by atoms with E-state index in [-0.39, 0.29) is 4.90 Å². The van der Waals surface area contributed by atoms with Crippen molar-refractivity contribution in [1.82, 2.24) is 9.71 Å². The Morgan fingerprint density at radius 3 is 2.26 bits per heavy atom. The molecule has 0 aliphatic heterocycles. The Morgan fingerprint density at radius 2 is 1.56 bits per heavy atom. The molecular formula is C21H17BrN2O2S. The summed E-state index contributed by atoms with van der Waals surface area (Å²) in [6.07, 6.45) is 1.86. The first-order valence-corrected chi connectivity index (χ1v) is 10.7. The van der Waals surface area contributed by atoms with Crippen LogP contribution in [0, 0.1) is 0 Å². The van der Waals surface area contributed by atoms with Gasteiger partial charge in [-0.3, -0.25) is 0 Å². The molecule has 0 radical (unpaired) electrons. The van der Waals surface area contributed by atoms with Gasteiger partial charge in [0.15, 0.2) is 0 Å². The molecule has 1 heterocycles. The van der Waals surface area contributed by atoms with E-state index in [1.165, 1.54) is 0 Å². The highest BCUT2D eigenvalue weighted by molar-refractivity contribution is 9.10. The van der Waals surface area contributed by atoms with Crippen molar-refractivity contribution in [1.29, 1.82) is 0 Å². The minimum atomic E-state index is -3.68. The minimum Gasteiger partial charge on any atom is -0.361 e. The van der Waals surface area contributed by atoms with Crippen molar-refractivity contribution >= 4 is 36.9 Å². The second-order valence-electron chi connectivity index (χ2n) is 6.21. The van der Waals surface area contributed by atoms with Gasteiger partial charge < -0.3 is 4.98 Å². The predicted octanol–water partition coefficient (Wildman–Crippen LogP) is 5.00. The summed E-state index contributed by atoms with van der Waals surface area (Å²) >= 11 is 3.47. The summed E-state index contributed by atoms with van der Waals surface area (Å²) in [7, 11) is -3.68. The summed E-state index contributed by atoms with van der Waals surface area (Å²) < 4.78 is 29.8. The van der Waals surface area contributed by atoms with Crippen LogP contribution in [0.3, 0.4) is 0 Å². The first-order valence-electron chi connectivity index (χ1n) is 8.43. The standard InChI is InChI=1S/C21H17BrN2O2S/c22-16-11-12-18-19(14-23-20(18)13-16)21(15-7-3-1-4-8-15)24-27(25,26)17-9-5-2-6-10-17/h1-14,21,23-24H. The van der Waals surface area contributed by atoms with Gasteiger partial charge in [-0.15, -0.1) is 0 Å². The number of rotatable bonds is 5. The molecule has 6 heteroatoms. The number of halogens is 1. The van der Waals surface area contributed by atoms with Gasteiger partial charge in [-0.25, -0.2) is 8.42 Å². The largest absolute Gasteiger partial charge is 0.361 e. The first-order chi connectivity index (χ1) is 13.0. The third kappa shape index (κ3) is 3.69. The van der Waals surface area contributed by atoms with E-state index in [9.17, 15) is 8.42 Å². The quantitative estimate of drug-likeness (QED) is 0.458. The van der Waals surface area contributed by atoms with Crippen LogP contribution in [-0.2, 0) is 10.0 Å². The van der Waals surface area contributed by atoms with Crippen molar-refractivity contribution in [2.75, 3.05) is 0 Å². The number of hydrogen-bond donors (Lipinski definition) is 2. The van der Waals surface area contributed by atoms with Crippen molar-refractivity contribution in [3.63, 3.8) is 0 Å². The molecule has 4 rings (SSSR count). The van der Waals surface area contributed by atoms with E-state index < -0.39 is 16.1 Å². The molecule has 1 unspecified atom stereocenters. The van der Waals surface area contributed by atoms with Crippen LogP contribution in [0.25, 0.3) is 10.9 Å². The maximum Gasteiger partial charge on any atom is 0.241 e. The van der Waals surface area contributed by atoms with Crippen LogP contribution in [0.15, 0.2) is 94.4 Å². The zero-order chi connectivity index (χ0) is 18.9. The highest BCUT2D eigenvalue weighted by atomic mass is 79.9. The van der Waals surface area contributed by atoms with Gasteiger partial charge in [0.2, 0.25) is 10.0 Å². The number of aromatic amines is 1. The summed E-state index contributed by atoms with van der Waals surface area (Å²) in [4.78, 5) is 3.48. The average molecular weight is 441 g/mol. The second-order valence-corrected chi connectivity index (χ2v) is 8.84. The van der Waals surface area contributed by atoms with E-state index in [2.05, 4.69) is 25.6 Å². The molecule has 4 aromatic rings. The number of hydrogen-bond acceptors (Lipinski definition) is 2. The fourth-order valence-corrected chi connectivity index (χ4v) is 4.73. The third-order valence-electron chi connectivity index (χ3n) is 4.45. The Hall–Kier alpha value is -2.41. The molecule has 1 atom stereocenters. The summed E-state index contributed by atoms with van der Waals surface area (Å²) in [5.74, 6) is 0. The van der Waals surface area contributed by atoms with Crippen LogP contribution >= 0.6 is 15.9 Å². The van der Waals surface area contributed by atoms with Crippen molar-refractivity contribution in [2.24, 2.45) is 0 Å². The Kier molecular flexibility index (Phi) is 4.86. The van der Waals surface area contributed by atoms with E-state index >= 15 is 0 Å². The van der Waals surface area contributed by atoms with Gasteiger partial charge in [-0.05, 0) is 35.4 Å². The van der Waals surface area contributed by atoms with E-state index in [1.807, 2.05) is 54.7 Å². The van der Waals surface area contributed by atoms with Crippen molar-refractivity contribution < 1.29 is 8.42 Å². The van der Waals surface area contributed by atoms with E-state index in [4.69, 9.17) is 0 Å². The van der Waals surface area contributed by atoms with Gasteiger partial charge in [0.25, 0.3) is 0 Å². The van der Waals surface area contributed by atoms with Crippen molar-refractivity contribution in [3.8, 4) is 0 Å². The van der Waals surface area contributed by atoms with Crippen LogP contribution in [0.5, 0.6) is 0 Å². The second kappa shape index (κ2) is 7.31. The zero-order valence-corrected chi connectivity index (χ0v) is 16.7. The topological polar surface area (TPSA) is 62.0 Å². The van der Waals surface area contributed by atoms with Crippen molar-refractivity contribution in [3.05, 3.63) is 101 Å². The van der Waals surface area contributed by atoms with Gasteiger partial charge in [0.05, 0.1) is 10.9 Å². The summed E-state index contributed by atoms with van der Waals surface area (Å²) in [6, 6.07) is 23.4. The van der Waals surface area contributed by atoms with Gasteiger partial charge >= 0.3 is 0 Å². The zero-order valence-electron chi connectivity index (χ0n) is 14.3. The highest BCUT2D eigenvalue weighted by Gasteiger charge is 2.24. The minimum absolute atomic E-state index is 0.244. The number of benzene rings is 3. The van der Waals surface area contributed by atoms with Gasteiger partial charge in [0, 0.05) is 21.6 Å². The van der Waals surface area contributed by atoms with Crippen molar-refractivity contribution in [2.45, 2.75) is 10.9 Å². The maximum absolute atomic E-state index is 13.0. The predicted molar refractivity (Wildman–Crippen MR) is 111 cm³/mol. The van der Waals surface area contributed by atoms with E-state index in [0.29, 0.717) is 0 Å². The summed E-state index contributed by atoms with van der Waals surface area (Å²) in [5.41, 5.74) is 2.70. The fraction of sp³-hybridized carbons (Fsp3) is 0.0476. The van der Waals surface area contributed by atoms with E-state index in [1.54, 1.807) is 30.3 Å². The lowest BCUT2D eigenvalue weighted by Crippen LogP contribution is -2.29. The SMILES string of the molecule is O=S(=O)(NC(c1ccccc1)c1c[nH]c2cc(Br)ccc12)c1ccccc1. The average Bonchev–Trinajstić information content (AvgIpc) is 3.10. The molecule has 0 spiro atoms. The first kappa shape index (κ1) is 18.0. The molecule has 2 N–H and O–H groups in total. The van der Waals surface area contributed by atoms with Crippen LogP contribution in [0.4, 0.5) is 0 Å². The third-order valence-corrected chi connectivity index (χ3v) is 6.38. The van der Waals surface area contributed by atoms with Crippen LogP contribution < -0.4 is 4.72 Å². The number of sulfonamides is 1. The molecule has 0 amide bonds. The number of aromatic nitrogens is 1. The molecule has 0 saturated heterocycles. The molecule has 0 fully saturated rings. The summed E-state index contributed by atoms with van der Waals surface area (Å²) in [5, 5.41) is 0.975. The Balaban J connectivity index is 1.83. The maximum atomic E-state index is 13.0. The molecule has 0 bridgehead atoms. The smallest absolute Gasteiger partial charge is 0.241 e. The van der Waals surface area contributed by atoms with Gasteiger partial charge in [-0.2, -0.15) is 4.72 Å². The number of nitrogens with one attached hydrogen (secondary N) is 2. The van der Waals surface area contributed by atoms with Crippen LogP contribution in [0.1, 0.15) is 17.2 Å². The Bertz CT molecular complexity index is 1170. The summed E-state index contributed by atoms with van der Waals surface area (Å²) in [6.45, 7) is 0. The lowest BCUT2D eigenvalue weighted by molar-refractivity contribution is 0.572. The molecule has 1 aromatic heterocycles. The number of fused-ring (bicyclic) bond motifs is 1. The molecule has 0 aliphatic carbocycles. The molecular weight excluding hydrogens is 424 g/mol. The lowest BCUT2D eigenvalue weighted by atomic mass is 9.99. The fourth-order valence-electron chi connectivity index (χ4n) is 3.14. The Morgan fingerprint density at radius 1 is 0.889 bits per heavy atom.